The van der Waals surface area contributed by atoms with Crippen molar-refractivity contribution in [2.75, 3.05) is 24.2 Å². The van der Waals surface area contributed by atoms with Gasteiger partial charge < -0.3 is 10.2 Å². The number of nitrogens with zero attached hydrogens (tertiary/aromatic N) is 3. The van der Waals surface area contributed by atoms with Gasteiger partial charge in [0, 0.05) is 30.6 Å². The normalized spacial score (nSPS) is 18.1. The summed E-state index contributed by atoms with van der Waals surface area (Å²) in [4.78, 5) is 31.4. The van der Waals surface area contributed by atoms with Crippen LogP contribution in [0.25, 0.3) is 0 Å². The molecule has 1 aromatic heterocycles. The molecular formula is C21H27N5O2S. The molecule has 8 heteroatoms. The first kappa shape index (κ1) is 19.9. The van der Waals surface area contributed by atoms with E-state index in [4.69, 9.17) is 0 Å². The average Bonchev–Trinajstić information content (AvgIpc) is 3.45. The maximum Gasteiger partial charge on any atom is 0.233 e. The summed E-state index contributed by atoms with van der Waals surface area (Å²) in [6, 6.07) is 9.49. The van der Waals surface area contributed by atoms with Gasteiger partial charge in [-0.2, -0.15) is 0 Å². The Kier molecular flexibility index (Phi) is 6.49. The number of aromatic nitrogens is 3. The van der Waals surface area contributed by atoms with E-state index in [-0.39, 0.29) is 17.7 Å². The van der Waals surface area contributed by atoms with Crippen LogP contribution in [0.1, 0.15) is 50.3 Å². The molecule has 0 atom stereocenters. The van der Waals surface area contributed by atoms with Gasteiger partial charge in [-0.3, -0.25) is 14.7 Å². The van der Waals surface area contributed by atoms with Crippen LogP contribution >= 0.6 is 11.8 Å². The Morgan fingerprint density at radius 1 is 1.10 bits per heavy atom. The number of thioether (sulfide) groups is 1. The maximum absolute atomic E-state index is 12.5. The standard InChI is InChI=1S/C21H27N5O2S/c27-18(14-29-21-23-19(24-25-21)15-6-4-5-7-15)26-12-10-16(11-13-26)20(28)22-17-8-2-1-3-9-17/h1-3,8-9,15-16H,4-7,10-14H2,(H,22,28)(H,23,24,25). The summed E-state index contributed by atoms with van der Waals surface area (Å²) >= 11 is 1.39. The van der Waals surface area contributed by atoms with Gasteiger partial charge in [-0.25, -0.2) is 4.98 Å². The predicted molar refractivity (Wildman–Crippen MR) is 113 cm³/mol. The summed E-state index contributed by atoms with van der Waals surface area (Å²) in [5, 5.41) is 10.9. The summed E-state index contributed by atoms with van der Waals surface area (Å²) in [5.74, 6) is 1.87. The lowest BCUT2D eigenvalue weighted by molar-refractivity contribution is -0.132. The van der Waals surface area contributed by atoms with Gasteiger partial charge in [0.1, 0.15) is 5.82 Å². The van der Waals surface area contributed by atoms with E-state index >= 15 is 0 Å². The number of carbonyl (C=O) groups is 2. The zero-order chi connectivity index (χ0) is 20.1. The van der Waals surface area contributed by atoms with E-state index in [0.717, 1.165) is 11.5 Å². The fourth-order valence-corrected chi connectivity index (χ4v) is 4.79. The van der Waals surface area contributed by atoms with Gasteiger partial charge >= 0.3 is 0 Å². The van der Waals surface area contributed by atoms with Crippen molar-refractivity contribution >= 4 is 29.3 Å². The van der Waals surface area contributed by atoms with E-state index in [0.29, 0.717) is 42.8 Å². The van der Waals surface area contributed by atoms with Gasteiger partial charge in [-0.15, -0.1) is 5.10 Å². The molecule has 2 fully saturated rings. The minimum atomic E-state index is -0.0473. The number of para-hydroxylation sites is 1. The number of hydrogen-bond donors (Lipinski definition) is 2. The van der Waals surface area contributed by atoms with E-state index < -0.39 is 0 Å². The highest BCUT2D eigenvalue weighted by molar-refractivity contribution is 7.99. The molecule has 1 aliphatic heterocycles. The van der Waals surface area contributed by atoms with Gasteiger partial charge in [-0.1, -0.05) is 42.8 Å². The number of nitrogens with one attached hydrogen (secondary N) is 2. The molecule has 2 aliphatic rings. The Balaban J connectivity index is 1.20. The lowest BCUT2D eigenvalue weighted by Gasteiger charge is -2.31. The van der Waals surface area contributed by atoms with E-state index in [2.05, 4.69) is 20.5 Å². The number of rotatable bonds is 6. The third kappa shape index (κ3) is 5.18. The molecule has 29 heavy (non-hydrogen) atoms. The highest BCUT2D eigenvalue weighted by Gasteiger charge is 2.27. The van der Waals surface area contributed by atoms with Crippen molar-refractivity contribution in [3.05, 3.63) is 36.2 Å². The second-order valence-electron chi connectivity index (χ2n) is 7.78. The Hall–Kier alpha value is -2.35. The van der Waals surface area contributed by atoms with Crippen molar-refractivity contribution in [2.45, 2.75) is 49.6 Å². The van der Waals surface area contributed by atoms with Crippen LogP contribution < -0.4 is 5.32 Å². The molecule has 0 unspecified atom stereocenters. The fourth-order valence-electron chi connectivity index (χ4n) is 4.08. The first-order valence-corrected chi connectivity index (χ1v) is 11.4. The minimum absolute atomic E-state index is 0.0397. The Morgan fingerprint density at radius 3 is 2.55 bits per heavy atom. The van der Waals surface area contributed by atoms with Crippen molar-refractivity contribution in [3.63, 3.8) is 0 Å². The largest absolute Gasteiger partial charge is 0.342 e. The highest BCUT2D eigenvalue weighted by atomic mass is 32.2. The van der Waals surface area contributed by atoms with Crippen LogP contribution in [-0.2, 0) is 9.59 Å². The average molecular weight is 414 g/mol. The number of likely N-dealkylation sites (tertiary alicyclic amines) is 1. The van der Waals surface area contributed by atoms with Crippen LogP contribution in [0.5, 0.6) is 0 Å². The number of H-pyrrole nitrogens is 1. The Labute approximate surface area is 175 Å². The van der Waals surface area contributed by atoms with Crippen molar-refractivity contribution < 1.29 is 9.59 Å². The number of anilines is 1. The number of aromatic amines is 1. The van der Waals surface area contributed by atoms with E-state index in [1.807, 2.05) is 35.2 Å². The van der Waals surface area contributed by atoms with Crippen LogP contribution in [0.3, 0.4) is 0 Å². The van der Waals surface area contributed by atoms with Crippen LogP contribution in [0.4, 0.5) is 5.69 Å². The zero-order valence-corrected chi connectivity index (χ0v) is 17.3. The first-order valence-electron chi connectivity index (χ1n) is 10.4. The van der Waals surface area contributed by atoms with Crippen molar-refractivity contribution in [1.29, 1.82) is 0 Å². The molecule has 1 saturated heterocycles. The Bertz CT molecular complexity index is 827. The third-order valence-electron chi connectivity index (χ3n) is 5.81. The summed E-state index contributed by atoms with van der Waals surface area (Å²) in [6.07, 6.45) is 6.25. The second-order valence-corrected chi connectivity index (χ2v) is 8.73. The second kappa shape index (κ2) is 9.43. The number of benzene rings is 1. The smallest absolute Gasteiger partial charge is 0.233 e. The third-order valence-corrected chi connectivity index (χ3v) is 6.64. The fraction of sp³-hybridized carbons (Fsp3) is 0.524. The number of amides is 2. The molecule has 4 rings (SSSR count). The molecule has 0 spiro atoms. The summed E-state index contributed by atoms with van der Waals surface area (Å²) in [7, 11) is 0. The van der Waals surface area contributed by atoms with Crippen LogP contribution in [0.2, 0.25) is 0 Å². The molecule has 1 aliphatic carbocycles. The van der Waals surface area contributed by atoms with E-state index in [1.54, 1.807) is 0 Å². The van der Waals surface area contributed by atoms with Gasteiger partial charge in [0.15, 0.2) is 0 Å². The zero-order valence-electron chi connectivity index (χ0n) is 16.5. The van der Waals surface area contributed by atoms with Crippen LogP contribution in [0.15, 0.2) is 35.5 Å². The molecule has 7 nitrogen and oxygen atoms in total. The molecule has 0 bridgehead atoms. The molecule has 1 aromatic carbocycles. The first-order chi connectivity index (χ1) is 14.2. The van der Waals surface area contributed by atoms with E-state index in [1.165, 1.54) is 37.4 Å². The monoisotopic (exact) mass is 413 g/mol. The summed E-state index contributed by atoms with van der Waals surface area (Å²) < 4.78 is 0. The molecule has 154 valence electrons. The van der Waals surface area contributed by atoms with Gasteiger partial charge in [0.25, 0.3) is 0 Å². The lowest BCUT2D eigenvalue weighted by atomic mass is 9.96. The minimum Gasteiger partial charge on any atom is -0.342 e. The number of carbonyl (C=O) groups excluding carboxylic acids is 2. The van der Waals surface area contributed by atoms with Crippen LogP contribution in [-0.4, -0.2) is 50.7 Å². The Morgan fingerprint density at radius 2 is 1.83 bits per heavy atom. The predicted octanol–water partition coefficient (Wildman–Crippen LogP) is 3.43. The number of hydrogen-bond acceptors (Lipinski definition) is 5. The molecule has 1 saturated carbocycles. The SMILES string of the molecule is O=C(Nc1ccccc1)C1CCN(C(=O)CSc2n[nH]c(C3CCCC3)n2)CC1. The molecule has 2 heterocycles. The van der Waals surface area contributed by atoms with Crippen LogP contribution in [0, 0.1) is 5.92 Å². The van der Waals surface area contributed by atoms with Crippen molar-refractivity contribution in [2.24, 2.45) is 5.92 Å². The summed E-state index contributed by atoms with van der Waals surface area (Å²) in [6.45, 7) is 1.24. The van der Waals surface area contributed by atoms with E-state index in [9.17, 15) is 9.59 Å². The van der Waals surface area contributed by atoms with Crippen molar-refractivity contribution in [1.82, 2.24) is 20.1 Å². The van der Waals surface area contributed by atoms with Gasteiger partial charge in [0.05, 0.1) is 5.75 Å². The van der Waals surface area contributed by atoms with Gasteiger partial charge in [0.2, 0.25) is 17.0 Å². The summed E-state index contributed by atoms with van der Waals surface area (Å²) in [5.41, 5.74) is 0.816. The molecule has 2 N–H and O–H groups in total. The molecular weight excluding hydrogens is 386 g/mol. The topological polar surface area (TPSA) is 91.0 Å². The molecule has 2 amide bonds. The highest BCUT2D eigenvalue weighted by Crippen LogP contribution is 2.32. The molecule has 2 aromatic rings. The number of piperidine rings is 1. The quantitative estimate of drug-likeness (QED) is 0.708. The van der Waals surface area contributed by atoms with Crippen molar-refractivity contribution in [3.8, 4) is 0 Å². The maximum atomic E-state index is 12.5. The lowest BCUT2D eigenvalue weighted by Crippen LogP contribution is -2.42. The van der Waals surface area contributed by atoms with Gasteiger partial charge in [-0.05, 0) is 37.8 Å². The molecule has 0 radical (unpaired) electrons.